The van der Waals surface area contributed by atoms with E-state index in [4.69, 9.17) is 4.74 Å². The first-order valence-electron chi connectivity index (χ1n) is 9.05. The summed E-state index contributed by atoms with van der Waals surface area (Å²) in [6.07, 6.45) is 1.11. The van der Waals surface area contributed by atoms with Crippen LogP contribution in [0.15, 0.2) is 42.5 Å². The number of anilines is 1. The molecule has 2 aromatic carbocycles. The molecule has 6 nitrogen and oxygen atoms in total. The summed E-state index contributed by atoms with van der Waals surface area (Å²) in [6.45, 7) is 7.24. The van der Waals surface area contributed by atoms with Crippen molar-refractivity contribution in [3.05, 3.63) is 59.2 Å². The van der Waals surface area contributed by atoms with Crippen molar-refractivity contribution < 1.29 is 17.9 Å². The Morgan fingerprint density at radius 1 is 1.04 bits per heavy atom. The molecular weight excluding hydrogens is 376 g/mol. The van der Waals surface area contributed by atoms with Crippen molar-refractivity contribution in [2.75, 3.05) is 17.7 Å². The maximum absolute atomic E-state index is 12.8. The highest BCUT2D eigenvalue weighted by molar-refractivity contribution is 7.92. The van der Waals surface area contributed by atoms with Crippen LogP contribution in [0.2, 0.25) is 0 Å². The maximum atomic E-state index is 12.8. The summed E-state index contributed by atoms with van der Waals surface area (Å²) in [5.41, 5.74) is 3.25. The highest BCUT2D eigenvalue weighted by atomic mass is 32.2. The standard InChI is InChI=1S/C21H28N2O4S/c1-14-11-15(2)13-19(12-14)23(28(6,25)26)17(4)21(24)22-16(3)18-7-9-20(27-5)10-8-18/h7-13,16-17H,1-6H3,(H,22,24). The van der Waals surface area contributed by atoms with Crippen LogP contribution in [0.4, 0.5) is 5.69 Å². The van der Waals surface area contributed by atoms with Gasteiger partial charge >= 0.3 is 0 Å². The Kier molecular flexibility index (Phi) is 6.72. The molecule has 2 rings (SSSR count). The molecule has 0 spiro atoms. The van der Waals surface area contributed by atoms with E-state index in [1.54, 1.807) is 26.2 Å². The zero-order valence-corrected chi connectivity index (χ0v) is 18.0. The largest absolute Gasteiger partial charge is 0.497 e. The SMILES string of the molecule is COc1ccc(C(C)NC(=O)C(C)N(c2cc(C)cc(C)c2)S(C)(=O)=O)cc1. The van der Waals surface area contributed by atoms with Crippen LogP contribution in [-0.4, -0.2) is 33.7 Å². The van der Waals surface area contributed by atoms with E-state index in [1.807, 2.05) is 51.1 Å². The molecule has 0 aliphatic rings. The van der Waals surface area contributed by atoms with Gasteiger partial charge in [-0.2, -0.15) is 0 Å². The van der Waals surface area contributed by atoms with Gasteiger partial charge in [-0.3, -0.25) is 9.10 Å². The number of methoxy groups -OCH3 is 1. The lowest BCUT2D eigenvalue weighted by molar-refractivity contribution is -0.122. The highest BCUT2D eigenvalue weighted by Crippen LogP contribution is 2.24. The van der Waals surface area contributed by atoms with Crippen LogP contribution in [0, 0.1) is 13.8 Å². The van der Waals surface area contributed by atoms with Gasteiger partial charge in [0, 0.05) is 0 Å². The van der Waals surface area contributed by atoms with Gasteiger partial charge in [0.1, 0.15) is 11.8 Å². The number of nitrogens with one attached hydrogen (secondary N) is 1. The summed E-state index contributed by atoms with van der Waals surface area (Å²) in [5.74, 6) is 0.363. The van der Waals surface area contributed by atoms with Crippen LogP contribution in [0.25, 0.3) is 0 Å². The summed E-state index contributed by atoms with van der Waals surface area (Å²) in [7, 11) is -2.06. The third-order valence-electron chi connectivity index (χ3n) is 4.52. The zero-order valence-electron chi connectivity index (χ0n) is 17.2. The normalized spacial score (nSPS) is 13.5. The Bertz CT molecular complexity index is 919. The first-order valence-corrected chi connectivity index (χ1v) is 10.9. The van der Waals surface area contributed by atoms with E-state index in [2.05, 4.69) is 5.32 Å². The molecule has 2 aromatic rings. The molecule has 0 heterocycles. The molecule has 2 atom stereocenters. The quantitative estimate of drug-likeness (QED) is 0.768. The topological polar surface area (TPSA) is 75.7 Å². The van der Waals surface area contributed by atoms with E-state index >= 15 is 0 Å². The van der Waals surface area contributed by atoms with Crippen molar-refractivity contribution >= 4 is 21.6 Å². The molecule has 0 bridgehead atoms. The number of hydrogen-bond donors (Lipinski definition) is 1. The van der Waals surface area contributed by atoms with Crippen molar-refractivity contribution in [1.82, 2.24) is 5.32 Å². The van der Waals surface area contributed by atoms with Crippen LogP contribution in [0.3, 0.4) is 0 Å². The number of amides is 1. The van der Waals surface area contributed by atoms with Crippen LogP contribution < -0.4 is 14.4 Å². The Hall–Kier alpha value is -2.54. The van der Waals surface area contributed by atoms with E-state index in [0.29, 0.717) is 5.69 Å². The summed E-state index contributed by atoms with van der Waals surface area (Å²) in [5, 5.41) is 2.90. The van der Waals surface area contributed by atoms with Crippen LogP contribution in [0.5, 0.6) is 5.75 Å². The number of benzene rings is 2. The second kappa shape index (κ2) is 8.65. The predicted octanol–water partition coefficient (Wildman–Crippen LogP) is 3.34. The third kappa shape index (κ3) is 5.25. The molecule has 0 aliphatic heterocycles. The number of sulfonamides is 1. The zero-order chi connectivity index (χ0) is 21.1. The molecular formula is C21H28N2O4S. The molecule has 1 N–H and O–H groups in total. The monoisotopic (exact) mass is 404 g/mol. The van der Waals surface area contributed by atoms with Crippen molar-refractivity contribution in [2.45, 2.75) is 39.8 Å². The van der Waals surface area contributed by atoms with Gasteiger partial charge in [0.2, 0.25) is 15.9 Å². The molecule has 0 aliphatic carbocycles. The second-order valence-electron chi connectivity index (χ2n) is 7.08. The van der Waals surface area contributed by atoms with Gasteiger partial charge in [-0.25, -0.2) is 8.42 Å². The maximum Gasteiger partial charge on any atom is 0.244 e. The molecule has 1 amide bonds. The molecule has 0 fully saturated rings. The van der Waals surface area contributed by atoms with Gasteiger partial charge in [0.05, 0.1) is 25.1 Å². The lowest BCUT2D eigenvalue weighted by atomic mass is 10.1. The first-order chi connectivity index (χ1) is 13.0. The number of carbonyl (C=O) groups excluding carboxylic acids is 1. The van der Waals surface area contributed by atoms with Gasteiger partial charge in [0.15, 0.2) is 0 Å². The molecule has 0 radical (unpaired) electrons. The van der Waals surface area contributed by atoms with E-state index in [-0.39, 0.29) is 11.9 Å². The van der Waals surface area contributed by atoms with Crippen LogP contribution >= 0.6 is 0 Å². The Morgan fingerprint density at radius 3 is 2.04 bits per heavy atom. The molecule has 28 heavy (non-hydrogen) atoms. The van der Waals surface area contributed by atoms with Crippen LogP contribution in [0.1, 0.15) is 36.6 Å². The number of rotatable bonds is 7. The number of ether oxygens (including phenoxy) is 1. The van der Waals surface area contributed by atoms with Gasteiger partial charge in [-0.05, 0) is 68.7 Å². The van der Waals surface area contributed by atoms with Crippen molar-refractivity contribution in [3.63, 3.8) is 0 Å². The number of carbonyl (C=O) groups is 1. The summed E-state index contributed by atoms with van der Waals surface area (Å²) >= 11 is 0. The number of aryl methyl sites for hydroxylation is 2. The van der Waals surface area contributed by atoms with Gasteiger partial charge < -0.3 is 10.1 Å². The number of nitrogens with zero attached hydrogens (tertiary/aromatic N) is 1. The summed E-state index contributed by atoms with van der Waals surface area (Å²) in [6, 6.07) is 11.7. The Morgan fingerprint density at radius 2 is 1.57 bits per heavy atom. The van der Waals surface area contributed by atoms with E-state index < -0.39 is 16.1 Å². The van der Waals surface area contributed by atoms with E-state index in [9.17, 15) is 13.2 Å². The minimum absolute atomic E-state index is 0.276. The fourth-order valence-electron chi connectivity index (χ4n) is 3.20. The fraction of sp³-hybridized carbons (Fsp3) is 0.381. The van der Waals surface area contributed by atoms with Crippen molar-refractivity contribution in [3.8, 4) is 5.75 Å². The average molecular weight is 405 g/mol. The molecule has 7 heteroatoms. The molecule has 0 aromatic heterocycles. The second-order valence-corrected chi connectivity index (χ2v) is 8.94. The predicted molar refractivity (Wildman–Crippen MR) is 112 cm³/mol. The third-order valence-corrected chi connectivity index (χ3v) is 5.77. The summed E-state index contributed by atoms with van der Waals surface area (Å²) < 4.78 is 31.2. The highest BCUT2D eigenvalue weighted by Gasteiger charge is 2.30. The van der Waals surface area contributed by atoms with Crippen molar-refractivity contribution in [2.24, 2.45) is 0 Å². The van der Waals surface area contributed by atoms with Gasteiger partial charge in [-0.15, -0.1) is 0 Å². The molecule has 0 saturated carbocycles. The van der Waals surface area contributed by atoms with Gasteiger partial charge in [0.25, 0.3) is 0 Å². The minimum Gasteiger partial charge on any atom is -0.497 e. The lowest BCUT2D eigenvalue weighted by Gasteiger charge is -2.30. The summed E-state index contributed by atoms with van der Waals surface area (Å²) in [4.78, 5) is 12.8. The van der Waals surface area contributed by atoms with E-state index in [0.717, 1.165) is 28.7 Å². The van der Waals surface area contributed by atoms with Gasteiger partial charge in [-0.1, -0.05) is 18.2 Å². The Balaban J connectivity index is 2.25. The first kappa shape index (κ1) is 21.8. The van der Waals surface area contributed by atoms with Crippen molar-refractivity contribution in [1.29, 1.82) is 0 Å². The molecule has 2 unspecified atom stereocenters. The molecule has 152 valence electrons. The van der Waals surface area contributed by atoms with Crippen LogP contribution in [-0.2, 0) is 14.8 Å². The fourth-order valence-corrected chi connectivity index (χ4v) is 4.36. The minimum atomic E-state index is -3.65. The lowest BCUT2D eigenvalue weighted by Crippen LogP contribution is -2.48. The average Bonchev–Trinajstić information content (AvgIpc) is 2.59. The Labute approximate surface area is 167 Å². The van der Waals surface area contributed by atoms with E-state index in [1.165, 1.54) is 4.31 Å². The smallest absolute Gasteiger partial charge is 0.244 e. The number of hydrogen-bond acceptors (Lipinski definition) is 4. The molecule has 0 saturated heterocycles.